The summed E-state index contributed by atoms with van der Waals surface area (Å²) in [6, 6.07) is 6.88. The van der Waals surface area contributed by atoms with Gasteiger partial charge in [0.05, 0.1) is 32.5 Å². The highest BCUT2D eigenvalue weighted by Crippen LogP contribution is 2.34. The van der Waals surface area contributed by atoms with Crippen molar-refractivity contribution in [3.05, 3.63) is 51.6 Å². The largest absolute Gasteiger partial charge is 0.865 e. The van der Waals surface area contributed by atoms with E-state index in [4.69, 9.17) is 14.2 Å². The molecular formula is C17H16N3O7-. The van der Waals surface area contributed by atoms with E-state index >= 15 is 0 Å². The third kappa shape index (κ3) is 4.42. The molecule has 0 saturated heterocycles. The van der Waals surface area contributed by atoms with Crippen molar-refractivity contribution < 1.29 is 29.0 Å². The number of nitrogens with zero attached hydrogens (tertiary/aromatic N) is 2. The number of nitro groups is 1. The monoisotopic (exact) mass is 374 g/mol. The molecule has 0 bridgehead atoms. The molecular weight excluding hydrogens is 358 g/mol. The molecule has 0 aliphatic heterocycles. The number of nitrogens with one attached hydrogen (secondary N) is 1. The molecule has 0 spiro atoms. The molecule has 0 fully saturated rings. The summed E-state index contributed by atoms with van der Waals surface area (Å²) < 4.78 is 15.0. The zero-order chi connectivity index (χ0) is 20.0. The van der Waals surface area contributed by atoms with Gasteiger partial charge in [0.1, 0.15) is 5.75 Å². The molecule has 27 heavy (non-hydrogen) atoms. The van der Waals surface area contributed by atoms with Crippen molar-refractivity contribution in [2.45, 2.75) is 0 Å². The molecule has 0 aliphatic rings. The molecule has 1 amide bonds. The lowest BCUT2D eigenvalue weighted by atomic mass is 10.2. The number of ether oxygens (including phenoxy) is 3. The van der Waals surface area contributed by atoms with Crippen molar-refractivity contribution in [2.24, 2.45) is 5.10 Å². The number of carbonyl (C=O) groups excluding carboxylic acids is 1. The van der Waals surface area contributed by atoms with Crippen molar-refractivity contribution in [1.29, 1.82) is 0 Å². The maximum atomic E-state index is 12.2. The molecule has 0 unspecified atom stereocenters. The van der Waals surface area contributed by atoms with Gasteiger partial charge >= 0.3 is 0 Å². The normalized spacial score (nSPS) is 10.5. The first kappa shape index (κ1) is 19.5. The third-order valence-corrected chi connectivity index (χ3v) is 3.50. The molecule has 2 aromatic carbocycles. The molecule has 0 saturated carbocycles. The molecule has 10 heteroatoms. The van der Waals surface area contributed by atoms with E-state index in [2.05, 4.69) is 10.5 Å². The maximum Gasteiger partial charge on any atom is 0.271 e. The second kappa shape index (κ2) is 8.52. The van der Waals surface area contributed by atoms with E-state index in [0.29, 0.717) is 11.5 Å². The average Bonchev–Trinajstić information content (AvgIpc) is 2.67. The van der Waals surface area contributed by atoms with E-state index in [0.717, 1.165) is 12.3 Å². The number of methoxy groups -OCH3 is 3. The Hall–Kier alpha value is -3.82. The highest BCUT2D eigenvalue weighted by atomic mass is 16.6. The third-order valence-electron chi connectivity index (χ3n) is 3.50. The number of nitro benzene ring substituents is 1. The summed E-state index contributed by atoms with van der Waals surface area (Å²) >= 11 is 0. The van der Waals surface area contributed by atoms with E-state index in [1.807, 2.05) is 0 Å². The molecule has 10 nitrogen and oxygen atoms in total. The van der Waals surface area contributed by atoms with Crippen LogP contribution in [-0.4, -0.2) is 38.4 Å². The van der Waals surface area contributed by atoms with Gasteiger partial charge in [0.2, 0.25) is 0 Å². The molecule has 2 aromatic rings. The van der Waals surface area contributed by atoms with Crippen LogP contribution in [0.5, 0.6) is 23.0 Å². The second-order valence-corrected chi connectivity index (χ2v) is 5.10. The van der Waals surface area contributed by atoms with Crippen LogP contribution in [0.25, 0.3) is 0 Å². The Balaban J connectivity index is 2.19. The minimum atomic E-state index is -0.839. The summed E-state index contributed by atoms with van der Waals surface area (Å²) in [5, 5.41) is 26.5. The Morgan fingerprint density at radius 3 is 2.33 bits per heavy atom. The number of benzene rings is 2. The number of hydrogen-bond acceptors (Lipinski definition) is 8. The number of amides is 1. The highest BCUT2D eigenvalue weighted by Gasteiger charge is 2.13. The minimum absolute atomic E-state index is 0.197. The topological polar surface area (TPSA) is 135 Å². The zero-order valence-electron chi connectivity index (χ0n) is 14.7. The molecule has 0 aliphatic carbocycles. The minimum Gasteiger partial charge on any atom is -0.865 e. The number of carbonyl (C=O) groups is 1. The van der Waals surface area contributed by atoms with E-state index in [1.54, 1.807) is 6.07 Å². The van der Waals surface area contributed by atoms with Gasteiger partial charge in [-0.3, -0.25) is 14.9 Å². The lowest BCUT2D eigenvalue weighted by Gasteiger charge is -2.13. The quantitative estimate of drug-likeness (QED) is 0.440. The Labute approximate surface area is 154 Å². The summed E-state index contributed by atoms with van der Waals surface area (Å²) in [6.45, 7) is 0. The average molecular weight is 374 g/mol. The highest BCUT2D eigenvalue weighted by molar-refractivity contribution is 5.95. The molecule has 142 valence electrons. The summed E-state index contributed by atoms with van der Waals surface area (Å²) in [7, 11) is 4.14. The molecule has 0 radical (unpaired) electrons. The van der Waals surface area contributed by atoms with Crippen LogP contribution in [0, 0.1) is 10.1 Å². The SMILES string of the molecule is COc1ccc(C(=O)N/N=C\c2cc(OC)c([O-])c([N+](=O)[O-])c2)cc1OC. The van der Waals surface area contributed by atoms with Gasteiger partial charge in [-0.15, -0.1) is 0 Å². The Morgan fingerprint density at radius 2 is 1.74 bits per heavy atom. The van der Waals surface area contributed by atoms with Crippen molar-refractivity contribution in [2.75, 3.05) is 21.3 Å². The molecule has 2 rings (SSSR count). The van der Waals surface area contributed by atoms with Crippen LogP contribution in [0.4, 0.5) is 5.69 Å². The first-order valence-electron chi connectivity index (χ1n) is 7.50. The molecule has 0 aromatic heterocycles. The van der Waals surface area contributed by atoms with Gasteiger partial charge in [-0.1, -0.05) is 0 Å². The van der Waals surface area contributed by atoms with Crippen molar-refractivity contribution in [1.82, 2.24) is 5.43 Å². The lowest BCUT2D eigenvalue weighted by molar-refractivity contribution is -0.398. The summed E-state index contributed by atoms with van der Waals surface area (Å²) in [5.41, 5.74) is 2.11. The van der Waals surface area contributed by atoms with Crippen molar-refractivity contribution >= 4 is 17.8 Å². The molecule has 0 heterocycles. The summed E-state index contributed by atoms with van der Waals surface area (Å²) in [4.78, 5) is 22.3. The van der Waals surface area contributed by atoms with Crippen molar-refractivity contribution in [3.8, 4) is 23.0 Å². The van der Waals surface area contributed by atoms with E-state index in [1.165, 1.54) is 39.5 Å². The van der Waals surface area contributed by atoms with Gasteiger partial charge in [-0.2, -0.15) is 5.10 Å². The zero-order valence-corrected chi connectivity index (χ0v) is 14.7. The van der Waals surface area contributed by atoms with Crippen LogP contribution in [-0.2, 0) is 0 Å². The Kier molecular flexibility index (Phi) is 6.15. The van der Waals surface area contributed by atoms with Gasteiger partial charge in [-0.25, -0.2) is 5.43 Å². The Morgan fingerprint density at radius 1 is 1.07 bits per heavy atom. The van der Waals surface area contributed by atoms with Gasteiger partial charge in [0.15, 0.2) is 11.5 Å². The van der Waals surface area contributed by atoms with Gasteiger partial charge < -0.3 is 19.3 Å². The predicted octanol–water partition coefficient (Wildman–Crippen LogP) is 1.46. The van der Waals surface area contributed by atoms with E-state index in [-0.39, 0.29) is 16.9 Å². The lowest BCUT2D eigenvalue weighted by Crippen LogP contribution is -2.17. The fourth-order valence-electron chi connectivity index (χ4n) is 2.18. The van der Waals surface area contributed by atoms with E-state index in [9.17, 15) is 20.0 Å². The van der Waals surface area contributed by atoms with Gasteiger partial charge in [0, 0.05) is 22.9 Å². The van der Waals surface area contributed by atoms with Crippen LogP contribution < -0.4 is 24.7 Å². The fourth-order valence-corrected chi connectivity index (χ4v) is 2.18. The number of hydrazone groups is 1. The van der Waals surface area contributed by atoms with Crippen LogP contribution in [0.1, 0.15) is 15.9 Å². The van der Waals surface area contributed by atoms with Gasteiger partial charge in [-0.05, 0) is 24.3 Å². The van der Waals surface area contributed by atoms with Crippen LogP contribution in [0.15, 0.2) is 35.4 Å². The summed E-state index contributed by atoms with van der Waals surface area (Å²) in [5.74, 6) is -0.727. The summed E-state index contributed by atoms with van der Waals surface area (Å²) in [6.07, 6.45) is 1.16. The first-order valence-corrected chi connectivity index (χ1v) is 7.50. The Bertz CT molecular complexity index is 896. The fraction of sp³-hybridized carbons (Fsp3) is 0.176. The number of hydrogen-bond donors (Lipinski definition) is 1. The van der Waals surface area contributed by atoms with Crippen molar-refractivity contribution in [3.63, 3.8) is 0 Å². The molecule has 0 atom stereocenters. The van der Waals surface area contributed by atoms with Crippen LogP contribution >= 0.6 is 0 Å². The van der Waals surface area contributed by atoms with Crippen LogP contribution in [0.2, 0.25) is 0 Å². The van der Waals surface area contributed by atoms with E-state index < -0.39 is 22.3 Å². The maximum absolute atomic E-state index is 12.2. The second-order valence-electron chi connectivity index (χ2n) is 5.10. The predicted molar refractivity (Wildman–Crippen MR) is 93.7 cm³/mol. The first-order chi connectivity index (χ1) is 12.9. The smallest absolute Gasteiger partial charge is 0.271 e. The van der Waals surface area contributed by atoms with Gasteiger partial charge in [0.25, 0.3) is 11.6 Å². The van der Waals surface area contributed by atoms with Crippen LogP contribution in [0.3, 0.4) is 0 Å². The molecule has 1 N–H and O–H groups in total. The number of rotatable bonds is 7. The standard InChI is InChI=1S/C17H17N3O7/c1-25-13-5-4-11(8-14(13)26-2)17(22)19-18-9-10-6-12(20(23)24)16(21)15(7-10)27-3/h4-9,21H,1-3H3,(H,19,22)/p-1/b18-9-.